The van der Waals surface area contributed by atoms with Crippen molar-refractivity contribution in [2.75, 3.05) is 0 Å². The molecule has 1 aliphatic carbocycles. The Hall–Kier alpha value is -1.22. The van der Waals surface area contributed by atoms with Crippen LogP contribution in [0.15, 0.2) is 18.2 Å². The maximum Gasteiger partial charge on any atom is 0.161 e. The third-order valence-corrected chi connectivity index (χ3v) is 4.23. The number of hydrogen-bond donors (Lipinski definition) is 3. The largest absolute Gasteiger partial charge is 0.504 e. The summed E-state index contributed by atoms with van der Waals surface area (Å²) >= 11 is 0. The highest BCUT2D eigenvalue weighted by molar-refractivity contribution is 5.44. The second kappa shape index (κ2) is 5.28. The molecule has 0 aliphatic heterocycles. The Labute approximate surface area is 122 Å². The van der Waals surface area contributed by atoms with Crippen LogP contribution < -0.4 is 5.32 Å². The minimum Gasteiger partial charge on any atom is -0.504 e. The van der Waals surface area contributed by atoms with Crippen molar-refractivity contribution >= 4 is 0 Å². The van der Waals surface area contributed by atoms with Gasteiger partial charge in [-0.2, -0.15) is 0 Å². The summed E-state index contributed by atoms with van der Waals surface area (Å²) in [5.74, 6) is -0.0528. The SMILES string of the molecule is CC1(C)CC(NCc2cccc(O)c2O)CC(C)(C)C1. The Balaban J connectivity index is 2.02. The third-order valence-electron chi connectivity index (χ3n) is 4.23. The van der Waals surface area contributed by atoms with Gasteiger partial charge < -0.3 is 15.5 Å². The fourth-order valence-corrected chi connectivity index (χ4v) is 3.97. The molecule has 0 spiro atoms. The van der Waals surface area contributed by atoms with Crippen molar-refractivity contribution in [3.8, 4) is 11.5 Å². The number of rotatable bonds is 3. The van der Waals surface area contributed by atoms with Crippen LogP contribution in [0.2, 0.25) is 0 Å². The van der Waals surface area contributed by atoms with Crippen molar-refractivity contribution < 1.29 is 10.2 Å². The summed E-state index contributed by atoms with van der Waals surface area (Å²) < 4.78 is 0. The van der Waals surface area contributed by atoms with Crippen LogP contribution in [0.4, 0.5) is 0 Å². The van der Waals surface area contributed by atoms with Crippen LogP contribution in [0.3, 0.4) is 0 Å². The minimum atomic E-state index is -0.0476. The summed E-state index contributed by atoms with van der Waals surface area (Å²) in [6.45, 7) is 9.91. The van der Waals surface area contributed by atoms with Crippen molar-refractivity contribution in [1.82, 2.24) is 5.32 Å². The number of para-hydroxylation sites is 1. The van der Waals surface area contributed by atoms with Crippen molar-refractivity contribution in [3.05, 3.63) is 23.8 Å². The van der Waals surface area contributed by atoms with Crippen LogP contribution in [0.5, 0.6) is 11.5 Å². The van der Waals surface area contributed by atoms with E-state index in [0.717, 1.165) is 18.4 Å². The van der Waals surface area contributed by atoms with Crippen LogP contribution >= 0.6 is 0 Å². The molecule has 1 aliphatic rings. The molecule has 0 bridgehead atoms. The van der Waals surface area contributed by atoms with E-state index >= 15 is 0 Å². The number of benzene rings is 1. The topological polar surface area (TPSA) is 52.5 Å². The molecule has 3 heteroatoms. The van der Waals surface area contributed by atoms with Gasteiger partial charge in [-0.05, 0) is 36.2 Å². The van der Waals surface area contributed by atoms with Gasteiger partial charge in [-0.1, -0.05) is 39.8 Å². The molecule has 1 aromatic carbocycles. The Morgan fingerprint density at radius 3 is 2.30 bits per heavy atom. The maximum atomic E-state index is 9.84. The molecule has 0 amide bonds. The van der Waals surface area contributed by atoms with Gasteiger partial charge in [-0.15, -0.1) is 0 Å². The van der Waals surface area contributed by atoms with E-state index in [9.17, 15) is 10.2 Å². The van der Waals surface area contributed by atoms with Gasteiger partial charge in [0.2, 0.25) is 0 Å². The molecule has 1 aromatic rings. The van der Waals surface area contributed by atoms with Crippen LogP contribution in [0.1, 0.15) is 52.5 Å². The number of hydrogen-bond acceptors (Lipinski definition) is 3. The first-order chi connectivity index (χ1) is 9.19. The molecule has 2 rings (SSSR count). The molecule has 20 heavy (non-hydrogen) atoms. The van der Waals surface area contributed by atoms with Crippen molar-refractivity contribution in [1.29, 1.82) is 0 Å². The molecule has 0 aromatic heterocycles. The Bertz CT molecular complexity index is 464. The van der Waals surface area contributed by atoms with E-state index in [1.807, 2.05) is 6.07 Å². The van der Waals surface area contributed by atoms with Crippen molar-refractivity contribution in [3.63, 3.8) is 0 Å². The molecule has 0 heterocycles. The van der Waals surface area contributed by atoms with Crippen LogP contribution in [-0.4, -0.2) is 16.3 Å². The van der Waals surface area contributed by atoms with E-state index in [2.05, 4.69) is 33.0 Å². The van der Waals surface area contributed by atoms with Crippen molar-refractivity contribution in [2.24, 2.45) is 10.8 Å². The van der Waals surface area contributed by atoms with Crippen LogP contribution in [0, 0.1) is 10.8 Å². The molecular formula is C17H27NO2. The monoisotopic (exact) mass is 277 g/mol. The van der Waals surface area contributed by atoms with E-state index in [4.69, 9.17) is 0 Å². The summed E-state index contributed by atoms with van der Waals surface area (Å²) in [6.07, 6.45) is 3.54. The first-order valence-electron chi connectivity index (χ1n) is 7.42. The lowest BCUT2D eigenvalue weighted by Gasteiger charge is -2.45. The maximum absolute atomic E-state index is 9.84. The zero-order valence-corrected chi connectivity index (χ0v) is 13.0. The first kappa shape index (κ1) is 15.2. The predicted molar refractivity (Wildman–Crippen MR) is 81.8 cm³/mol. The summed E-state index contributed by atoms with van der Waals surface area (Å²) in [5, 5.41) is 22.9. The summed E-state index contributed by atoms with van der Waals surface area (Å²) in [4.78, 5) is 0. The van der Waals surface area contributed by atoms with Crippen molar-refractivity contribution in [2.45, 2.75) is 59.5 Å². The zero-order chi connectivity index (χ0) is 15.0. The molecule has 0 saturated heterocycles. The molecular weight excluding hydrogens is 250 g/mol. The minimum absolute atomic E-state index is 0.00525. The number of phenolic OH excluding ortho intramolecular Hbond substituents is 2. The quantitative estimate of drug-likeness (QED) is 0.737. The summed E-state index contributed by atoms with van der Waals surface area (Å²) in [6, 6.07) is 5.57. The number of nitrogens with one attached hydrogen (secondary N) is 1. The fourth-order valence-electron chi connectivity index (χ4n) is 3.97. The smallest absolute Gasteiger partial charge is 0.161 e. The second-order valence-electron chi connectivity index (χ2n) is 7.78. The Kier molecular flexibility index (Phi) is 4.01. The van der Waals surface area contributed by atoms with Gasteiger partial charge in [0.1, 0.15) is 0 Å². The molecule has 0 unspecified atom stereocenters. The lowest BCUT2D eigenvalue weighted by atomic mass is 9.63. The van der Waals surface area contributed by atoms with E-state index in [1.165, 1.54) is 12.5 Å². The molecule has 1 fully saturated rings. The predicted octanol–water partition coefficient (Wildman–Crippen LogP) is 3.79. The third kappa shape index (κ3) is 3.66. The average molecular weight is 277 g/mol. The Morgan fingerprint density at radius 1 is 1.10 bits per heavy atom. The van der Waals surface area contributed by atoms with Gasteiger partial charge in [0.15, 0.2) is 11.5 Å². The van der Waals surface area contributed by atoms with Gasteiger partial charge in [-0.25, -0.2) is 0 Å². The average Bonchev–Trinajstić information content (AvgIpc) is 2.27. The van der Waals surface area contributed by atoms with Gasteiger partial charge in [0.25, 0.3) is 0 Å². The van der Waals surface area contributed by atoms with Gasteiger partial charge in [-0.3, -0.25) is 0 Å². The first-order valence-corrected chi connectivity index (χ1v) is 7.42. The van der Waals surface area contributed by atoms with Crippen LogP contribution in [-0.2, 0) is 6.54 Å². The highest BCUT2D eigenvalue weighted by atomic mass is 16.3. The van der Waals surface area contributed by atoms with Gasteiger partial charge in [0, 0.05) is 18.2 Å². The fraction of sp³-hybridized carbons (Fsp3) is 0.647. The molecule has 112 valence electrons. The highest BCUT2D eigenvalue weighted by Crippen LogP contribution is 2.45. The lowest BCUT2D eigenvalue weighted by Crippen LogP contribution is -2.43. The molecule has 0 atom stereocenters. The lowest BCUT2D eigenvalue weighted by molar-refractivity contribution is 0.0844. The molecule has 1 saturated carbocycles. The second-order valence-corrected chi connectivity index (χ2v) is 7.78. The van der Waals surface area contributed by atoms with Gasteiger partial charge >= 0.3 is 0 Å². The number of aromatic hydroxyl groups is 2. The molecule has 3 nitrogen and oxygen atoms in total. The summed E-state index contributed by atoms with van der Waals surface area (Å²) in [5.41, 5.74) is 1.45. The van der Waals surface area contributed by atoms with E-state index in [1.54, 1.807) is 6.07 Å². The van der Waals surface area contributed by atoms with E-state index in [-0.39, 0.29) is 11.5 Å². The zero-order valence-electron chi connectivity index (χ0n) is 13.0. The highest BCUT2D eigenvalue weighted by Gasteiger charge is 2.38. The number of phenols is 2. The standard InChI is InChI=1S/C17H27NO2/c1-16(2)8-13(9-17(3,4)11-16)18-10-12-6-5-7-14(19)15(12)20/h5-7,13,18-20H,8-11H2,1-4H3. The molecule has 0 radical (unpaired) electrons. The normalized spacial score (nSPS) is 21.8. The molecule has 3 N–H and O–H groups in total. The van der Waals surface area contributed by atoms with Gasteiger partial charge in [0.05, 0.1) is 0 Å². The Morgan fingerprint density at radius 2 is 1.70 bits per heavy atom. The van der Waals surface area contributed by atoms with E-state index < -0.39 is 0 Å². The van der Waals surface area contributed by atoms with E-state index in [0.29, 0.717) is 23.4 Å². The summed E-state index contributed by atoms with van der Waals surface area (Å²) in [7, 11) is 0. The van der Waals surface area contributed by atoms with Crippen LogP contribution in [0.25, 0.3) is 0 Å².